The van der Waals surface area contributed by atoms with Gasteiger partial charge in [-0.1, -0.05) is 12.1 Å². The number of benzene rings is 1. The molecule has 0 aliphatic rings. The number of anilines is 1. The molecule has 1 rings (SSSR count). The van der Waals surface area contributed by atoms with Crippen LogP contribution in [-0.4, -0.2) is 35.5 Å². The number of carboxylic acids is 1. The van der Waals surface area contributed by atoms with Gasteiger partial charge in [0.2, 0.25) is 5.91 Å². The molecule has 1 aromatic rings. The van der Waals surface area contributed by atoms with Crippen molar-refractivity contribution in [2.45, 2.75) is 20.0 Å². The number of ketones is 1. The van der Waals surface area contributed by atoms with Crippen LogP contribution < -0.4 is 5.32 Å². The summed E-state index contributed by atoms with van der Waals surface area (Å²) in [6.07, 6.45) is -1.05. The van der Waals surface area contributed by atoms with E-state index in [4.69, 9.17) is 9.84 Å². The molecule has 6 nitrogen and oxygen atoms in total. The summed E-state index contributed by atoms with van der Waals surface area (Å²) in [7, 11) is 0. The van der Waals surface area contributed by atoms with Crippen LogP contribution in [0.3, 0.4) is 0 Å². The Labute approximate surface area is 110 Å². The maximum absolute atomic E-state index is 11.5. The minimum Gasteiger partial charge on any atom is -0.479 e. The number of Topliss-reactive ketones (excluding diaryl/α,β-unsaturated/α-hetero) is 1. The molecular formula is C13H15NO5. The van der Waals surface area contributed by atoms with Gasteiger partial charge in [-0.3, -0.25) is 9.59 Å². The van der Waals surface area contributed by atoms with Crippen molar-refractivity contribution in [3.8, 4) is 0 Å². The second-order valence-electron chi connectivity index (χ2n) is 3.98. The van der Waals surface area contributed by atoms with Crippen LogP contribution in [0.25, 0.3) is 0 Å². The van der Waals surface area contributed by atoms with E-state index in [1.807, 2.05) is 0 Å². The number of nitrogens with one attached hydrogen (secondary N) is 1. The maximum atomic E-state index is 11.5. The van der Waals surface area contributed by atoms with Crippen molar-refractivity contribution in [1.29, 1.82) is 0 Å². The number of amides is 1. The van der Waals surface area contributed by atoms with E-state index in [9.17, 15) is 14.4 Å². The minimum atomic E-state index is -1.13. The summed E-state index contributed by atoms with van der Waals surface area (Å²) in [5.41, 5.74) is 0.946. The largest absolute Gasteiger partial charge is 0.479 e. The van der Waals surface area contributed by atoms with Crippen LogP contribution in [0.2, 0.25) is 0 Å². The molecule has 102 valence electrons. The number of carboxylic acid groups (broad SMARTS) is 1. The van der Waals surface area contributed by atoms with Crippen molar-refractivity contribution in [2.75, 3.05) is 11.9 Å². The zero-order valence-corrected chi connectivity index (χ0v) is 10.7. The van der Waals surface area contributed by atoms with Crippen molar-refractivity contribution in [2.24, 2.45) is 0 Å². The molecule has 0 heterocycles. The molecule has 19 heavy (non-hydrogen) atoms. The summed E-state index contributed by atoms with van der Waals surface area (Å²) >= 11 is 0. The van der Waals surface area contributed by atoms with Crippen molar-refractivity contribution >= 4 is 23.3 Å². The van der Waals surface area contributed by atoms with Crippen molar-refractivity contribution in [3.63, 3.8) is 0 Å². The fraction of sp³-hybridized carbons (Fsp3) is 0.308. The first-order valence-electron chi connectivity index (χ1n) is 5.65. The number of aliphatic carboxylic acids is 1. The minimum absolute atomic E-state index is 0.105. The molecule has 0 radical (unpaired) electrons. The fourth-order valence-electron chi connectivity index (χ4n) is 1.28. The van der Waals surface area contributed by atoms with Crippen LogP contribution in [0, 0.1) is 0 Å². The molecule has 0 fully saturated rings. The molecule has 0 saturated carbocycles. The SMILES string of the molecule is CC(=O)c1cccc(NC(=O)COC(C)C(=O)O)c1. The van der Waals surface area contributed by atoms with Gasteiger partial charge in [-0.05, 0) is 26.0 Å². The van der Waals surface area contributed by atoms with Crippen LogP contribution >= 0.6 is 0 Å². The second kappa shape index (κ2) is 6.65. The van der Waals surface area contributed by atoms with Gasteiger partial charge < -0.3 is 15.2 Å². The highest BCUT2D eigenvalue weighted by atomic mass is 16.5. The Balaban J connectivity index is 2.55. The van der Waals surface area contributed by atoms with E-state index in [2.05, 4.69) is 5.32 Å². The average molecular weight is 265 g/mol. The van der Waals surface area contributed by atoms with Gasteiger partial charge >= 0.3 is 5.97 Å². The highest BCUT2D eigenvalue weighted by Crippen LogP contribution is 2.11. The number of ether oxygens (including phenoxy) is 1. The highest BCUT2D eigenvalue weighted by Gasteiger charge is 2.13. The van der Waals surface area contributed by atoms with E-state index in [1.165, 1.54) is 13.8 Å². The first kappa shape index (κ1) is 14.8. The standard InChI is InChI=1S/C13H15NO5/c1-8(15)10-4-3-5-11(6-10)14-12(16)7-19-9(2)13(17)18/h3-6,9H,7H2,1-2H3,(H,14,16)(H,17,18). The van der Waals surface area contributed by atoms with Crippen molar-refractivity contribution in [3.05, 3.63) is 29.8 Å². The van der Waals surface area contributed by atoms with Crippen molar-refractivity contribution in [1.82, 2.24) is 0 Å². The third-order valence-electron chi connectivity index (χ3n) is 2.37. The van der Waals surface area contributed by atoms with E-state index in [0.717, 1.165) is 0 Å². The molecule has 0 bridgehead atoms. The Kier molecular flexibility index (Phi) is 5.20. The Hall–Kier alpha value is -2.21. The molecule has 1 amide bonds. The van der Waals surface area contributed by atoms with E-state index in [1.54, 1.807) is 24.3 Å². The van der Waals surface area contributed by atoms with Gasteiger partial charge in [-0.15, -0.1) is 0 Å². The topological polar surface area (TPSA) is 92.7 Å². The summed E-state index contributed by atoms with van der Waals surface area (Å²) in [5.74, 6) is -1.72. The Bertz CT molecular complexity index is 498. The highest BCUT2D eigenvalue weighted by molar-refractivity contribution is 5.97. The van der Waals surface area contributed by atoms with Gasteiger partial charge in [-0.25, -0.2) is 4.79 Å². The first-order chi connectivity index (χ1) is 8.90. The molecule has 0 saturated heterocycles. The van der Waals surface area contributed by atoms with Crippen LogP contribution in [-0.2, 0) is 14.3 Å². The zero-order valence-electron chi connectivity index (χ0n) is 10.7. The monoisotopic (exact) mass is 265 g/mol. The molecule has 1 atom stereocenters. The lowest BCUT2D eigenvalue weighted by Gasteiger charge is -2.09. The summed E-state index contributed by atoms with van der Waals surface area (Å²) in [5, 5.41) is 11.1. The molecule has 2 N–H and O–H groups in total. The van der Waals surface area contributed by atoms with Gasteiger partial charge in [0.1, 0.15) is 6.61 Å². The first-order valence-corrected chi connectivity index (χ1v) is 5.65. The Morgan fingerprint density at radius 3 is 2.63 bits per heavy atom. The van der Waals surface area contributed by atoms with Crippen molar-refractivity contribution < 1.29 is 24.2 Å². The molecule has 1 aromatic carbocycles. The molecule has 1 unspecified atom stereocenters. The summed E-state index contributed by atoms with van der Waals surface area (Å²) in [4.78, 5) is 33.2. The normalized spacial score (nSPS) is 11.7. The van der Waals surface area contributed by atoms with Crippen LogP contribution in [0.15, 0.2) is 24.3 Å². The second-order valence-corrected chi connectivity index (χ2v) is 3.98. The molecule has 6 heteroatoms. The molecular weight excluding hydrogens is 250 g/mol. The Morgan fingerprint density at radius 2 is 2.05 bits per heavy atom. The van der Waals surface area contributed by atoms with Gasteiger partial charge in [0.15, 0.2) is 11.9 Å². The lowest BCUT2D eigenvalue weighted by atomic mass is 10.1. The number of hydrogen-bond acceptors (Lipinski definition) is 4. The number of hydrogen-bond donors (Lipinski definition) is 2. The van der Waals surface area contributed by atoms with Crippen LogP contribution in [0.4, 0.5) is 5.69 Å². The average Bonchev–Trinajstić information content (AvgIpc) is 2.36. The van der Waals surface area contributed by atoms with Gasteiger partial charge in [0.05, 0.1) is 0 Å². The van der Waals surface area contributed by atoms with Crippen LogP contribution in [0.1, 0.15) is 24.2 Å². The van der Waals surface area contributed by atoms with Crippen LogP contribution in [0.5, 0.6) is 0 Å². The maximum Gasteiger partial charge on any atom is 0.332 e. The van der Waals surface area contributed by atoms with E-state index in [-0.39, 0.29) is 12.4 Å². The van der Waals surface area contributed by atoms with Gasteiger partial charge in [0, 0.05) is 11.3 Å². The molecule has 0 aliphatic carbocycles. The molecule has 0 aromatic heterocycles. The van der Waals surface area contributed by atoms with Gasteiger partial charge in [-0.2, -0.15) is 0 Å². The zero-order chi connectivity index (χ0) is 14.4. The summed E-state index contributed by atoms with van der Waals surface area (Å²) in [6, 6.07) is 6.46. The van der Waals surface area contributed by atoms with E-state index < -0.39 is 18.0 Å². The predicted octanol–water partition coefficient (Wildman–Crippen LogP) is 1.32. The number of rotatable bonds is 6. The number of carbonyl (C=O) groups excluding carboxylic acids is 2. The third kappa shape index (κ3) is 4.89. The summed E-state index contributed by atoms with van der Waals surface area (Å²) in [6.45, 7) is 2.41. The smallest absolute Gasteiger partial charge is 0.332 e. The predicted molar refractivity (Wildman–Crippen MR) is 68.1 cm³/mol. The quantitative estimate of drug-likeness (QED) is 0.757. The summed E-state index contributed by atoms with van der Waals surface area (Å²) < 4.78 is 4.84. The van der Waals surface area contributed by atoms with Gasteiger partial charge in [0.25, 0.3) is 0 Å². The fourth-order valence-corrected chi connectivity index (χ4v) is 1.28. The lowest BCUT2D eigenvalue weighted by molar-refractivity contribution is -0.150. The third-order valence-corrected chi connectivity index (χ3v) is 2.37. The number of carbonyl (C=O) groups is 3. The molecule has 0 aliphatic heterocycles. The van der Waals surface area contributed by atoms with E-state index >= 15 is 0 Å². The molecule has 0 spiro atoms. The Morgan fingerprint density at radius 1 is 1.37 bits per heavy atom. The lowest BCUT2D eigenvalue weighted by Crippen LogP contribution is -2.26. The van der Waals surface area contributed by atoms with E-state index in [0.29, 0.717) is 11.3 Å².